The molecule has 4 aromatic rings. The molecule has 9 nitrogen and oxygen atoms in total. The van der Waals surface area contributed by atoms with Gasteiger partial charge in [-0.25, -0.2) is 18.4 Å². The van der Waals surface area contributed by atoms with Crippen molar-refractivity contribution in [2.24, 2.45) is 0 Å². The van der Waals surface area contributed by atoms with E-state index in [9.17, 15) is 8.42 Å². The van der Waals surface area contributed by atoms with Crippen LogP contribution in [0, 0.1) is 0 Å². The fourth-order valence-corrected chi connectivity index (χ4v) is 6.21. The number of rotatable bonds is 4. The topological polar surface area (TPSA) is 99.4 Å². The largest absolute Gasteiger partial charge is 0.454 e. The van der Waals surface area contributed by atoms with Gasteiger partial charge in [0.15, 0.2) is 23.0 Å². The molecule has 174 valence electrons. The van der Waals surface area contributed by atoms with E-state index in [4.69, 9.17) is 26.1 Å². The first-order valence-corrected chi connectivity index (χ1v) is 12.7. The van der Waals surface area contributed by atoms with E-state index in [2.05, 4.69) is 9.97 Å². The van der Waals surface area contributed by atoms with Crippen LogP contribution in [-0.4, -0.2) is 52.1 Å². The van der Waals surface area contributed by atoms with Gasteiger partial charge < -0.3 is 14.0 Å². The quantitative estimate of drug-likeness (QED) is 0.421. The number of sulfonamides is 1. The standard InChI is InChI=1S/C23H20ClN5O4S/c24-17-3-1-9-25-21(17)23-27-18-4-2-10-26-22(18)29(23)15-7-11-28(12-8-15)34(30,31)16-5-6-19-20(13-16)33-14-32-19/h1-6,9-10,13,15H,7-8,11-12,14H2. The highest BCUT2D eigenvalue weighted by molar-refractivity contribution is 7.89. The Morgan fingerprint density at radius 3 is 2.56 bits per heavy atom. The Balaban J connectivity index is 1.31. The summed E-state index contributed by atoms with van der Waals surface area (Å²) >= 11 is 6.45. The van der Waals surface area contributed by atoms with Gasteiger partial charge >= 0.3 is 0 Å². The molecule has 1 aromatic carbocycles. The summed E-state index contributed by atoms with van der Waals surface area (Å²) in [5, 5.41) is 0.502. The maximum atomic E-state index is 13.3. The summed E-state index contributed by atoms with van der Waals surface area (Å²) in [5.41, 5.74) is 2.06. The van der Waals surface area contributed by atoms with E-state index in [0.717, 1.165) is 11.2 Å². The summed E-state index contributed by atoms with van der Waals surface area (Å²) in [6.07, 6.45) is 4.61. The van der Waals surface area contributed by atoms with Crippen LogP contribution < -0.4 is 9.47 Å². The number of fused-ring (bicyclic) bond motifs is 2. The molecular weight excluding hydrogens is 478 g/mol. The number of benzene rings is 1. The molecule has 34 heavy (non-hydrogen) atoms. The molecule has 3 aromatic heterocycles. The first kappa shape index (κ1) is 21.3. The monoisotopic (exact) mass is 497 g/mol. The Hall–Kier alpha value is -3.21. The molecule has 0 N–H and O–H groups in total. The second kappa shape index (κ2) is 8.23. The van der Waals surface area contributed by atoms with Gasteiger partial charge in [0.25, 0.3) is 0 Å². The molecule has 1 saturated heterocycles. The predicted molar refractivity (Wildman–Crippen MR) is 125 cm³/mol. The van der Waals surface area contributed by atoms with Crippen LogP contribution in [0.25, 0.3) is 22.7 Å². The van der Waals surface area contributed by atoms with Crippen LogP contribution in [0.4, 0.5) is 0 Å². The lowest BCUT2D eigenvalue weighted by atomic mass is 10.1. The number of halogens is 1. The minimum Gasteiger partial charge on any atom is -0.454 e. The first-order chi connectivity index (χ1) is 16.5. The number of ether oxygens (including phenoxy) is 2. The summed E-state index contributed by atoms with van der Waals surface area (Å²) in [5.74, 6) is 1.64. The summed E-state index contributed by atoms with van der Waals surface area (Å²) in [4.78, 5) is 14.0. The van der Waals surface area contributed by atoms with E-state index in [-0.39, 0.29) is 17.7 Å². The highest BCUT2D eigenvalue weighted by Crippen LogP contribution is 2.37. The normalized spacial score (nSPS) is 16.9. The Labute approximate surface area is 201 Å². The van der Waals surface area contributed by atoms with Crippen molar-refractivity contribution in [3.05, 3.63) is 59.9 Å². The molecule has 0 amide bonds. The van der Waals surface area contributed by atoms with Crippen molar-refractivity contribution in [2.75, 3.05) is 19.9 Å². The van der Waals surface area contributed by atoms with Gasteiger partial charge in [0.05, 0.1) is 9.92 Å². The zero-order chi connectivity index (χ0) is 23.3. The van der Waals surface area contributed by atoms with Crippen LogP contribution in [0.2, 0.25) is 5.02 Å². The fourth-order valence-electron chi connectivity index (χ4n) is 4.52. The Morgan fingerprint density at radius 1 is 0.971 bits per heavy atom. The zero-order valence-corrected chi connectivity index (χ0v) is 19.5. The van der Waals surface area contributed by atoms with Crippen LogP contribution in [0.3, 0.4) is 0 Å². The molecule has 0 aliphatic carbocycles. The van der Waals surface area contributed by atoms with E-state index < -0.39 is 10.0 Å². The minimum absolute atomic E-state index is 0.00354. The van der Waals surface area contributed by atoms with Gasteiger partial charge in [-0.05, 0) is 49.2 Å². The highest BCUT2D eigenvalue weighted by atomic mass is 35.5. The summed E-state index contributed by atoms with van der Waals surface area (Å²) < 4.78 is 40.8. The molecule has 6 rings (SSSR count). The van der Waals surface area contributed by atoms with Gasteiger partial charge in [0.2, 0.25) is 16.8 Å². The predicted octanol–water partition coefficient (Wildman–Crippen LogP) is 3.90. The van der Waals surface area contributed by atoms with E-state index in [0.29, 0.717) is 54.0 Å². The van der Waals surface area contributed by atoms with Crippen LogP contribution in [0.5, 0.6) is 11.5 Å². The molecule has 0 bridgehead atoms. The average Bonchev–Trinajstić information content (AvgIpc) is 3.48. The molecule has 0 unspecified atom stereocenters. The molecule has 2 aliphatic rings. The third kappa shape index (κ3) is 3.49. The summed E-state index contributed by atoms with van der Waals surface area (Å²) in [6, 6.07) is 12.0. The molecule has 0 radical (unpaired) electrons. The second-order valence-electron chi connectivity index (χ2n) is 8.14. The summed E-state index contributed by atoms with van der Waals surface area (Å²) in [6.45, 7) is 0.826. The van der Waals surface area contributed by atoms with E-state index >= 15 is 0 Å². The van der Waals surface area contributed by atoms with Crippen molar-refractivity contribution in [1.29, 1.82) is 0 Å². The van der Waals surface area contributed by atoms with Crippen molar-refractivity contribution in [1.82, 2.24) is 23.8 Å². The number of hydrogen-bond acceptors (Lipinski definition) is 7. The third-order valence-corrected chi connectivity index (χ3v) is 8.39. The maximum Gasteiger partial charge on any atom is 0.243 e. The molecule has 5 heterocycles. The van der Waals surface area contributed by atoms with Crippen molar-refractivity contribution in [2.45, 2.75) is 23.8 Å². The SMILES string of the molecule is O=S(=O)(c1ccc2c(c1)OCO2)N1CCC(n2c(-c3ncccc3Cl)nc3cccnc32)CC1. The molecule has 1 fully saturated rings. The Kier molecular flexibility index (Phi) is 5.16. The van der Waals surface area contributed by atoms with Crippen LogP contribution in [0.15, 0.2) is 59.8 Å². The van der Waals surface area contributed by atoms with E-state index in [1.807, 2.05) is 16.7 Å². The molecule has 2 aliphatic heterocycles. The Bertz CT molecular complexity index is 1500. The van der Waals surface area contributed by atoms with Gasteiger partial charge in [-0.2, -0.15) is 4.31 Å². The lowest BCUT2D eigenvalue weighted by Crippen LogP contribution is -2.39. The van der Waals surface area contributed by atoms with Crippen molar-refractivity contribution >= 4 is 32.8 Å². The molecule has 0 spiro atoms. The molecular formula is C23H20ClN5O4S. The molecule has 11 heteroatoms. The molecule has 0 atom stereocenters. The second-order valence-corrected chi connectivity index (χ2v) is 10.5. The van der Waals surface area contributed by atoms with Crippen LogP contribution in [-0.2, 0) is 10.0 Å². The fraction of sp³-hybridized carbons (Fsp3) is 0.261. The first-order valence-electron chi connectivity index (χ1n) is 10.9. The van der Waals surface area contributed by atoms with E-state index in [1.165, 1.54) is 10.4 Å². The zero-order valence-electron chi connectivity index (χ0n) is 18.0. The van der Waals surface area contributed by atoms with Crippen molar-refractivity contribution in [3.63, 3.8) is 0 Å². The summed E-state index contributed by atoms with van der Waals surface area (Å²) in [7, 11) is -3.66. The van der Waals surface area contributed by atoms with Gasteiger partial charge in [0.1, 0.15) is 11.2 Å². The Morgan fingerprint density at radius 2 is 1.74 bits per heavy atom. The van der Waals surface area contributed by atoms with Crippen LogP contribution in [0.1, 0.15) is 18.9 Å². The molecule has 0 saturated carbocycles. The van der Waals surface area contributed by atoms with Crippen molar-refractivity contribution in [3.8, 4) is 23.0 Å². The minimum atomic E-state index is -3.66. The van der Waals surface area contributed by atoms with Gasteiger partial charge in [-0.15, -0.1) is 0 Å². The van der Waals surface area contributed by atoms with Gasteiger partial charge in [-0.1, -0.05) is 11.6 Å². The van der Waals surface area contributed by atoms with E-state index in [1.54, 1.807) is 36.7 Å². The number of nitrogens with zero attached hydrogens (tertiary/aromatic N) is 5. The van der Waals surface area contributed by atoms with Crippen LogP contribution >= 0.6 is 11.6 Å². The average molecular weight is 498 g/mol. The lowest BCUT2D eigenvalue weighted by Gasteiger charge is -2.32. The highest BCUT2D eigenvalue weighted by Gasteiger charge is 2.33. The third-order valence-electron chi connectivity index (χ3n) is 6.19. The van der Waals surface area contributed by atoms with Gasteiger partial charge in [-0.3, -0.25) is 4.98 Å². The number of aromatic nitrogens is 4. The smallest absolute Gasteiger partial charge is 0.243 e. The van der Waals surface area contributed by atoms with Crippen molar-refractivity contribution < 1.29 is 17.9 Å². The number of imidazole rings is 1. The maximum absolute atomic E-state index is 13.3. The number of pyridine rings is 2. The number of piperidine rings is 1. The lowest BCUT2D eigenvalue weighted by molar-refractivity contribution is 0.174. The van der Waals surface area contributed by atoms with Gasteiger partial charge in [0, 0.05) is 37.6 Å². The number of hydrogen-bond donors (Lipinski definition) is 0.